The van der Waals surface area contributed by atoms with E-state index in [1.165, 1.54) is 56.1 Å². The maximum atomic E-state index is 5.89. The first-order chi connectivity index (χ1) is 9.25. The number of benzene rings is 1. The van der Waals surface area contributed by atoms with Gasteiger partial charge in [-0.15, -0.1) is 0 Å². The van der Waals surface area contributed by atoms with Crippen molar-refractivity contribution in [1.29, 1.82) is 0 Å². The Kier molecular flexibility index (Phi) is 5.00. The van der Waals surface area contributed by atoms with E-state index in [-0.39, 0.29) is 0 Å². The van der Waals surface area contributed by atoms with Gasteiger partial charge in [0.2, 0.25) is 0 Å². The lowest BCUT2D eigenvalue weighted by Gasteiger charge is -2.37. The lowest BCUT2D eigenvalue weighted by atomic mass is 9.73. The van der Waals surface area contributed by atoms with Gasteiger partial charge in [-0.05, 0) is 42.2 Å². The third-order valence-electron chi connectivity index (χ3n) is 4.93. The molecule has 0 aromatic heterocycles. The van der Waals surface area contributed by atoms with Crippen molar-refractivity contribution in [3.05, 3.63) is 35.4 Å². The molecule has 2 nitrogen and oxygen atoms in total. The smallest absolute Gasteiger partial charge is 0.0516 e. The predicted molar refractivity (Wildman–Crippen MR) is 81.7 cm³/mol. The van der Waals surface area contributed by atoms with Crippen molar-refractivity contribution in [3.8, 4) is 0 Å². The Morgan fingerprint density at radius 3 is 2.26 bits per heavy atom. The van der Waals surface area contributed by atoms with Crippen LogP contribution in [0.25, 0.3) is 0 Å². The molecule has 1 unspecified atom stereocenters. The molecule has 1 aliphatic carbocycles. The molecule has 1 saturated carbocycles. The average Bonchev–Trinajstić information content (AvgIpc) is 2.92. The highest BCUT2D eigenvalue weighted by Crippen LogP contribution is 2.49. The fourth-order valence-electron chi connectivity index (χ4n) is 3.72. The second kappa shape index (κ2) is 6.53. The van der Waals surface area contributed by atoms with Gasteiger partial charge in [-0.25, -0.2) is 0 Å². The van der Waals surface area contributed by atoms with Crippen molar-refractivity contribution >= 4 is 0 Å². The third kappa shape index (κ3) is 3.01. The van der Waals surface area contributed by atoms with E-state index in [4.69, 9.17) is 5.84 Å². The summed E-state index contributed by atoms with van der Waals surface area (Å²) in [4.78, 5) is 0. The van der Waals surface area contributed by atoms with Gasteiger partial charge in [0.15, 0.2) is 0 Å². The van der Waals surface area contributed by atoms with Crippen LogP contribution in [0.2, 0.25) is 0 Å². The Labute approximate surface area is 117 Å². The minimum Gasteiger partial charge on any atom is -0.271 e. The molecule has 0 bridgehead atoms. The molecule has 106 valence electrons. The Morgan fingerprint density at radius 1 is 1.16 bits per heavy atom. The van der Waals surface area contributed by atoms with Crippen LogP contribution in [0.1, 0.15) is 69.5 Å². The Balaban J connectivity index is 2.21. The summed E-state index contributed by atoms with van der Waals surface area (Å²) in [6.45, 7) is 4.53. The molecule has 0 spiro atoms. The van der Waals surface area contributed by atoms with Crippen molar-refractivity contribution in [3.63, 3.8) is 0 Å². The zero-order valence-corrected chi connectivity index (χ0v) is 12.4. The van der Waals surface area contributed by atoms with Crippen LogP contribution in [0.5, 0.6) is 0 Å². The fourth-order valence-corrected chi connectivity index (χ4v) is 3.72. The lowest BCUT2D eigenvalue weighted by Crippen LogP contribution is -2.40. The van der Waals surface area contributed by atoms with Crippen LogP contribution in [0.15, 0.2) is 24.3 Å². The second-order valence-corrected chi connectivity index (χ2v) is 6.01. The summed E-state index contributed by atoms with van der Waals surface area (Å²) in [5, 5.41) is 0. The fraction of sp³-hybridized carbons (Fsp3) is 0.647. The molecule has 1 aromatic rings. The predicted octanol–water partition coefficient (Wildman–Crippen LogP) is 4.11. The summed E-state index contributed by atoms with van der Waals surface area (Å²) in [6.07, 6.45) is 8.87. The summed E-state index contributed by atoms with van der Waals surface area (Å²) in [6, 6.07) is 9.37. The van der Waals surface area contributed by atoms with Gasteiger partial charge >= 0.3 is 0 Å². The Morgan fingerprint density at radius 2 is 1.79 bits per heavy atom. The highest BCUT2D eigenvalue weighted by atomic mass is 15.2. The number of hydrogen-bond donors (Lipinski definition) is 2. The summed E-state index contributed by atoms with van der Waals surface area (Å²) < 4.78 is 0. The Hall–Kier alpha value is -0.860. The third-order valence-corrected chi connectivity index (χ3v) is 4.93. The molecule has 3 N–H and O–H groups in total. The van der Waals surface area contributed by atoms with Crippen LogP contribution in [0.4, 0.5) is 0 Å². The first-order valence-electron chi connectivity index (χ1n) is 7.80. The summed E-state index contributed by atoms with van der Waals surface area (Å²) in [5.74, 6) is 5.89. The minimum atomic E-state index is 0.302. The molecule has 0 aliphatic heterocycles. The van der Waals surface area contributed by atoms with Crippen LogP contribution in [0, 0.1) is 5.41 Å². The maximum absolute atomic E-state index is 5.89. The van der Waals surface area contributed by atoms with Gasteiger partial charge in [0.05, 0.1) is 6.04 Å². The first kappa shape index (κ1) is 14.5. The largest absolute Gasteiger partial charge is 0.271 e. The van der Waals surface area contributed by atoms with Crippen LogP contribution in [-0.4, -0.2) is 0 Å². The van der Waals surface area contributed by atoms with Gasteiger partial charge < -0.3 is 0 Å². The number of aryl methyl sites for hydroxylation is 1. The number of hydrazine groups is 1. The number of rotatable bonds is 6. The van der Waals surface area contributed by atoms with E-state index < -0.39 is 0 Å². The molecule has 2 rings (SSSR count). The molecular weight excluding hydrogens is 232 g/mol. The normalized spacial score (nSPS) is 19.5. The van der Waals surface area contributed by atoms with Crippen molar-refractivity contribution in [2.24, 2.45) is 11.3 Å². The van der Waals surface area contributed by atoms with E-state index in [1.54, 1.807) is 0 Å². The van der Waals surface area contributed by atoms with Crippen molar-refractivity contribution < 1.29 is 0 Å². The number of hydrogen-bond acceptors (Lipinski definition) is 2. The van der Waals surface area contributed by atoms with Crippen LogP contribution >= 0.6 is 0 Å². The maximum Gasteiger partial charge on any atom is 0.0516 e. The standard InChI is InChI=1S/C17H28N2/c1-3-7-14-8-10-15(11-9-14)16(19-18)17(4-2)12-5-6-13-17/h8-11,16,19H,3-7,12-13,18H2,1-2H3. The number of nitrogens with one attached hydrogen (secondary N) is 1. The quantitative estimate of drug-likeness (QED) is 0.596. The molecule has 0 amide bonds. The van der Waals surface area contributed by atoms with E-state index in [2.05, 4.69) is 43.5 Å². The molecule has 0 heterocycles. The van der Waals surface area contributed by atoms with Crippen LogP contribution in [-0.2, 0) is 6.42 Å². The summed E-state index contributed by atoms with van der Waals surface area (Å²) in [5.41, 5.74) is 6.25. The van der Waals surface area contributed by atoms with Gasteiger partial charge in [-0.1, -0.05) is 57.4 Å². The van der Waals surface area contributed by atoms with Crippen molar-refractivity contribution in [1.82, 2.24) is 5.43 Å². The molecule has 1 aliphatic rings. The number of nitrogens with two attached hydrogens (primary N) is 1. The van der Waals surface area contributed by atoms with E-state index in [9.17, 15) is 0 Å². The molecule has 1 atom stereocenters. The van der Waals surface area contributed by atoms with Gasteiger partial charge in [0.25, 0.3) is 0 Å². The SMILES string of the molecule is CCCc1ccc(C(NN)C2(CC)CCCC2)cc1. The summed E-state index contributed by atoms with van der Waals surface area (Å²) in [7, 11) is 0. The van der Waals surface area contributed by atoms with Gasteiger partial charge in [-0.3, -0.25) is 11.3 Å². The van der Waals surface area contributed by atoms with E-state index in [0.717, 1.165) is 0 Å². The molecule has 1 aromatic carbocycles. The highest BCUT2D eigenvalue weighted by molar-refractivity contribution is 5.27. The lowest BCUT2D eigenvalue weighted by molar-refractivity contribution is 0.188. The second-order valence-electron chi connectivity index (χ2n) is 6.01. The highest BCUT2D eigenvalue weighted by Gasteiger charge is 2.39. The molecular formula is C17H28N2. The molecule has 19 heavy (non-hydrogen) atoms. The van der Waals surface area contributed by atoms with Crippen LogP contribution < -0.4 is 11.3 Å². The molecule has 2 heteroatoms. The average molecular weight is 260 g/mol. The van der Waals surface area contributed by atoms with Gasteiger partial charge in [0, 0.05) is 0 Å². The van der Waals surface area contributed by atoms with Gasteiger partial charge in [-0.2, -0.15) is 0 Å². The first-order valence-corrected chi connectivity index (χ1v) is 7.80. The van der Waals surface area contributed by atoms with E-state index in [0.29, 0.717) is 11.5 Å². The molecule has 0 radical (unpaired) electrons. The van der Waals surface area contributed by atoms with Gasteiger partial charge in [0.1, 0.15) is 0 Å². The van der Waals surface area contributed by atoms with Crippen LogP contribution in [0.3, 0.4) is 0 Å². The monoisotopic (exact) mass is 260 g/mol. The van der Waals surface area contributed by atoms with Crippen molar-refractivity contribution in [2.45, 2.75) is 64.8 Å². The summed E-state index contributed by atoms with van der Waals surface area (Å²) >= 11 is 0. The minimum absolute atomic E-state index is 0.302. The molecule has 1 fully saturated rings. The van der Waals surface area contributed by atoms with E-state index >= 15 is 0 Å². The molecule has 0 saturated heterocycles. The van der Waals surface area contributed by atoms with Crippen molar-refractivity contribution in [2.75, 3.05) is 0 Å². The Bertz CT molecular complexity index is 377. The topological polar surface area (TPSA) is 38.0 Å². The zero-order valence-electron chi connectivity index (χ0n) is 12.4. The van der Waals surface area contributed by atoms with E-state index in [1.807, 2.05) is 0 Å². The zero-order chi connectivity index (χ0) is 13.7.